The summed E-state index contributed by atoms with van der Waals surface area (Å²) in [7, 11) is 0. The van der Waals surface area contributed by atoms with Gasteiger partial charge in [-0.3, -0.25) is 0 Å². The van der Waals surface area contributed by atoms with Gasteiger partial charge >= 0.3 is 19.5 Å². The van der Waals surface area contributed by atoms with Crippen LogP contribution in [-0.2, 0) is 19.5 Å². The van der Waals surface area contributed by atoms with Crippen molar-refractivity contribution in [3.63, 3.8) is 0 Å². The van der Waals surface area contributed by atoms with Gasteiger partial charge in [0.2, 0.25) is 0 Å². The first-order valence-corrected chi connectivity index (χ1v) is 2.17. The van der Waals surface area contributed by atoms with E-state index in [9.17, 15) is 0 Å². The number of nitrogens with zero attached hydrogens (tertiary/aromatic N) is 3. The molecule has 0 aromatic carbocycles. The van der Waals surface area contributed by atoms with Crippen molar-refractivity contribution in [3.8, 4) is 18.2 Å². The SMILES string of the molecule is CC#N.CC#N.CC#N.[Ru+2]. The molecule has 54 valence electrons. The summed E-state index contributed by atoms with van der Waals surface area (Å²) in [5.41, 5.74) is 0. The molecule has 0 unspecified atom stereocenters. The van der Waals surface area contributed by atoms with Crippen molar-refractivity contribution in [2.45, 2.75) is 20.8 Å². The van der Waals surface area contributed by atoms with Crippen LogP contribution in [0.4, 0.5) is 0 Å². The van der Waals surface area contributed by atoms with E-state index in [1.54, 1.807) is 18.2 Å². The van der Waals surface area contributed by atoms with E-state index >= 15 is 0 Å². The van der Waals surface area contributed by atoms with Gasteiger partial charge in [0.1, 0.15) is 0 Å². The number of hydrogen-bond donors (Lipinski definition) is 0. The standard InChI is InChI=1S/3C2H3N.Ru/c3*1-2-3;/h3*1H3;/q;;;+2. The molecule has 0 aliphatic rings. The molecule has 4 heteroatoms. The molecule has 0 aromatic rings. The second kappa shape index (κ2) is 92.9. The maximum Gasteiger partial charge on any atom is 2.00 e. The molecule has 0 heterocycles. The summed E-state index contributed by atoms with van der Waals surface area (Å²) < 4.78 is 0. The minimum absolute atomic E-state index is 0. The van der Waals surface area contributed by atoms with Crippen LogP contribution in [0.5, 0.6) is 0 Å². The van der Waals surface area contributed by atoms with Gasteiger partial charge in [-0.25, -0.2) is 0 Å². The second-order valence-electron chi connectivity index (χ2n) is 0.671. The summed E-state index contributed by atoms with van der Waals surface area (Å²) in [6.45, 7) is 4.29. The smallest absolute Gasteiger partial charge is 0.199 e. The number of nitriles is 3. The maximum atomic E-state index is 7.32. The average molecular weight is 224 g/mol. The fraction of sp³-hybridized carbons (Fsp3) is 0.500. The Labute approximate surface area is 74.6 Å². The molecule has 0 radical (unpaired) electrons. The molecule has 0 fully saturated rings. The van der Waals surface area contributed by atoms with Gasteiger partial charge in [0.25, 0.3) is 0 Å². The van der Waals surface area contributed by atoms with Crippen LogP contribution in [0.2, 0.25) is 0 Å². The molecule has 0 amide bonds. The maximum absolute atomic E-state index is 7.32. The quantitative estimate of drug-likeness (QED) is 0.586. The Balaban J connectivity index is -0.0000000257. The Morgan fingerprint density at radius 2 is 0.700 bits per heavy atom. The summed E-state index contributed by atoms with van der Waals surface area (Å²) in [6, 6.07) is 5.25. The molecular weight excluding hydrogens is 215 g/mol. The molecule has 10 heavy (non-hydrogen) atoms. The molecule has 0 aliphatic heterocycles. The Morgan fingerprint density at radius 1 is 0.700 bits per heavy atom. The van der Waals surface area contributed by atoms with Crippen molar-refractivity contribution >= 4 is 0 Å². The van der Waals surface area contributed by atoms with E-state index in [-0.39, 0.29) is 19.5 Å². The van der Waals surface area contributed by atoms with Crippen LogP contribution < -0.4 is 0 Å². The van der Waals surface area contributed by atoms with Gasteiger partial charge in [-0.1, -0.05) is 0 Å². The molecule has 3 nitrogen and oxygen atoms in total. The van der Waals surface area contributed by atoms with E-state index < -0.39 is 0 Å². The third-order valence-electron chi connectivity index (χ3n) is 0. The summed E-state index contributed by atoms with van der Waals surface area (Å²) >= 11 is 0. The van der Waals surface area contributed by atoms with Gasteiger partial charge in [0.05, 0.1) is 18.2 Å². The van der Waals surface area contributed by atoms with Crippen LogP contribution in [0.1, 0.15) is 20.8 Å². The molecule has 0 aliphatic carbocycles. The normalized spacial score (nSPS) is 2.40. The second-order valence-corrected chi connectivity index (χ2v) is 0.671. The predicted molar refractivity (Wildman–Crippen MR) is 33.9 cm³/mol. The molecule has 0 saturated carbocycles. The fourth-order valence-corrected chi connectivity index (χ4v) is 0. The Bertz CT molecular complexity index is 106. The first kappa shape index (κ1) is 23.0. The number of hydrogen-bond acceptors (Lipinski definition) is 3. The monoisotopic (exact) mass is 225 g/mol. The zero-order valence-electron chi connectivity index (χ0n) is 6.20. The van der Waals surface area contributed by atoms with Crippen molar-refractivity contribution < 1.29 is 19.5 Å². The van der Waals surface area contributed by atoms with E-state index in [1.807, 2.05) is 0 Å². The van der Waals surface area contributed by atoms with Crippen molar-refractivity contribution in [2.24, 2.45) is 0 Å². The van der Waals surface area contributed by atoms with Crippen LogP contribution in [0, 0.1) is 34.0 Å². The largest absolute Gasteiger partial charge is 2.00 e. The molecule has 0 atom stereocenters. The summed E-state index contributed by atoms with van der Waals surface area (Å²) in [5, 5.41) is 22.0. The Hall–Kier alpha value is -0.907. The van der Waals surface area contributed by atoms with Crippen molar-refractivity contribution in [1.82, 2.24) is 0 Å². The van der Waals surface area contributed by atoms with Crippen molar-refractivity contribution in [2.75, 3.05) is 0 Å². The van der Waals surface area contributed by atoms with E-state index in [0.29, 0.717) is 0 Å². The molecule has 0 aromatic heterocycles. The van der Waals surface area contributed by atoms with Gasteiger partial charge in [-0.05, 0) is 0 Å². The summed E-state index contributed by atoms with van der Waals surface area (Å²) in [6.07, 6.45) is 0. The van der Waals surface area contributed by atoms with E-state index in [1.165, 1.54) is 20.8 Å². The van der Waals surface area contributed by atoms with Gasteiger partial charge in [-0.15, -0.1) is 0 Å². The van der Waals surface area contributed by atoms with E-state index in [0.717, 1.165) is 0 Å². The van der Waals surface area contributed by atoms with Gasteiger partial charge in [-0.2, -0.15) is 15.8 Å². The fourth-order valence-electron chi connectivity index (χ4n) is 0. The van der Waals surface area contributed by atoms with Crippen molar-refractivity contribution in [3.05, 3.63) is 0 Å². The van der Waals surface area contributed by atoms with Crippen LogP contribution in [-0.4, -0.2) is 0 Å². The first-order valence-electron chi connectivity index (χ1n) is 2.17. The molecular formula is C6H9N3Ru+2. The minimum atomic E-state index is 0. The van der Waals surface area contributed by atoms with E-state index in [2.05, 4.69) is 0 Å². The summed E-state index contributed by atoms with van der Waals surface area (Å²) in [4.78, 5) is 0. The van der Waals surface area contributed by atoms with Crippen LogP contribution in [0.25, 0.3) is 0 Å². The Morgan fingerprint density at radius 3 is 0.700 bits per heavy atom. The topological polar surface area (TPSA) is 71.4 Å². The van der Waals surface area contributed by atoms with Crippen molar-refractivity contribution in [1.29, 1.82) is 15.8 Å². The van der Waals surface area contributed by atoms with Gasteiger partial charge in [0.15, 0.2) is 0 Å². The molecule has 0 N–H and O–H groups in total. The number of rotatable bonds is 0. The average Bonchev–Trinajstić information content (AvgIpc) is 1.70. The van der Waals surface area contributed by atoms with Gasteiger partial charge in [0, 0.05) is 20.8 Å². The summed E-state index contributed by atoms with van der Waals surface area (Å²) in [5.74, 6) is 0. The van der Waals surface area contributed by atoms with Crippen LogP contribution >= 0.6 is 0 Å². The molecule has 0 rings (SSSR count). The predicted octanol–water partition coefficient (Wildman–Crippen LogP) is 1.59. The van der Waals surface area contributed by atoms with Gasteiger partial charge < -0.3 is 0 Å². The van der Waals surface area contributed by atoms with E-state index in [4.69, 9.17) is 15.8 Å². The zero-order valence-corrected chi connectivity index (χ0v) is 7.93. The third kappa shape index (κ3) is 320. The third-order valence-corrected chi connectivity index (χ3v) is 0. The van der Waals surface area contributed by atoms with Crippen LogP contribution in [0.3, 0.4) is 0 Å². The minimum Gasteiger partial charge on any atom is -0.199 e. The zero-order chi connectivity index (χ0) is 8.12. The first-order chi connectivity index (χ1) is 4.24. The molecule has 0 saturated heterocycles. The van der Waals surface area contributed by atoms with Crippen LogP contribution in [0.15, 0.2) is 0 Å². The molecule has 0 bridgehead atoms. The molecule has 0 spiro atoms. The Kier molecular flexibility index (Phi) is 213.